The summed E-state index contributed by atoms with van der Waals surface area (Å²) < 4.78 is 26.3. The maximum Gasteiger partial charge on any atom is 0.243 e. The minimum atomic E-state index is -3.54. The Labute approximate surface area is 120 Å². The van der Waals surface area contributed by atoms with Gasteiger partial charge in [-0.25, -0.2) is 8.42 Å². The van der Waals surface area contributed by atoms with Gasteiger partial charge in [0, 0.05) is 18.1 Å². The van der Waals surface area contributed by atoms with Crippen LogP contribution in [0.5, 0.6) is 0 Å². The Morgan fingerprint density at radius 1 is 1.32 bits per heavy atom. The first kappa shape index (κ1) is 16.4. The normalized spacial score (nSPS) is 12.4. The molecule has 1 rings (SSSR count). The average molecular weight is 306 g/mol. The van der Waals surface area contributed by atoms with Gasteiger partial charge in [-0.15, -0.1) is 0 Å². The topological polar surface area (TPSA) is 57.6 Å². The Bertz CT molecular complexity index is 527. The van der Waals surface area contributed by atoms with Gasteiger partial charge in [0.05, 0.1) is 11.5 Å². The highest BCUT2D eigenvalue weighted by Gasteiger charge is 2.26. The largest absolute Gasteiger partial charge is 0.392 e. The lowest BCUT2D eigenvalue weighted by atomic mass is 10.2. The second-order valence-electron chi connectivity index (χ2n) is 4.40. The third-order valence-corrected chi connectivity index (χ3v) is 5.59. The number of aliphatic hydroxyl groups is 1. The molecule has 0 aliphatic heterocycles. The van der Waals surface area contributed by atoms with E-state index in [0.717, 1.165) is 12.8 Å². The van der Waals surface area contributed by atoms with E-state index in [-0.39, 0.29) is 22.6 Å². The third kappa shape index (κ3) is 3.48. The number of rotatable bonds is 6. The van der Waals surface area contributed by atoms with Crippen molar-refractivity contribution in [2.24, 2.45) is 0 Å². The van der Waals surface area contributed by atoms with Crippen molar-refractivity contribution in [1.82, 2.24) is 4.31 Å². The molecule has 108 valence electrons. The fourth-order valence-electron chi connectivity index (χ4n) is 1.98. The van der Waals surface area contributed by atoms with Crippen molar-refractivity contribution < 1.29 is 13.5 Å². The fourth-order valence-corrected chi connectivity index (χ4v) is 3.82. The minimum Gasteiger partial charge on any atom is -0.392 e. The molecule has 0 aliphatic carbocycles. The number of benzene rings is 1. The van der Waals surface area contributed by atoms with Gasteiger partial charge in [0.1, 0.15) is 0 Å². The van der Waals surface area contributed by atoms with Crippen LogP contribution in [0, 0.1) is 0 Å². The molecule has 1 aromatic rings. The number of sulfonamides is 1. The average Bonchev–Trinajstić information content (AvgIpc) is 2.39. The summed E-state index contributed by atoms with van der Waals surface area (Å²) in [6, 6.07) is 4.38. The molecular weight excluding hydrogens is 286 g/mol. The van der Waals surface area contributed by atoms with Crippen molar-refractivity contribution in [2.45, 2.75) is 44.2 Å². The van der Waals surface area contributed by atoms with E-state index in [9.17, 15) is 8.42 Å². The highest BCUT2D eigenvalue weighted by atomic mass is 35.5. The van der Waals surface area contributed by atoms with Gasteiger partial charge in [-0.3, -0.25) is 0 Å². The van der Waals surface area contributed by atoms with E-state index in [0.29, 0.717) is 5.56 Å². The minimum absolute atomic E-state index is 0.0266. The summed E-state index contributed by atoms with van der Waals surface area (Å²) >= 11 is 5.94. The second-order valence-corrected chi connectivity index (χ2v) is 6.81. The molecule has 0 fully saturated rings. The third-order valence-electron chi connectivity index (χ3n) is 3.33. The van der Waals surface area contributed by atoms with Gasteiger partial charge in [0.2, 0.25) is 10.0 Å². The van der Waals surface area contributed by atoms with Gasteiger partial charge >= 0.3 is 0 Å². The van der Waals surface area contributed by atoms with Gasteiger partial charge in [0.15, 0.2) is 0 Å². The first-order chi connectivity index (χ1) is 8.88. The van der Waals surface area contributed by atoms with Crippen molar-refractivity contribution in [2.75, 3.05) is 7.05 Å². The molecule has 1 aromatic carbocycles. The van der Waals surface area contributed by atoms with Gasteiger partial charge in [-0.1, -0.05) is 31.5 Å². The lowest BCUT2D eigenvalue weighted by molar-refractivity contribution is 0.282. The second kappa shape index (κ2) is 6.70. The summed E-state index contributed by atoms with van der Waals surface area (Å²) in [6.45, 7) is 3.71. The Morgan fingerprint density at radius 2 is 1.89 bits per heavy atom. The van der Waals surface area contributed by atoms with Crippen molar-refractivity contribution in [3.8, 4) is 0 Å². The van der Waals surface area contributed by atoms with Crippen LogP contribution in [-0.2, 0) is 16.6 Å². The first-order valence-corrected chi connectivity index (χ1v) is 8.07. The fraction of sp³-hybridized carbons (Fsp3) is 0.538. The quantitative estimate of drug-likeness (QED) is 0.879. The molecule has 4 nitrogen and oxygen atoms in total. The number of hydrogen-bond donors (Lipinski definition) is 1. The molecule has 0 aromatic heterocycles. The van der Waals surface area contributed by atoms with E-state index in [1.807, 2.05) is 13.8 Å². The molecule has 0 saturated heterocycles. The van der Waals surface area contributed by atoms with Crippen LogP contribution >= 0.6 is 11.6 Å². The zero-order valence-electron chi connectivity index (χ0n) is 11.4. The molecule has 0 heterocycles. The van der Waals surface area contributed by atoms with Crippen molar-refractivity contribution in [1.29, 1.82) is 0 Å². The van der Waals surface area contributed by atoms with Crippen LogP contribution < -0.4 is 0 Å². The molecule has 0 saturated carbocycles. The highest BCUT2D eigenvalue weighted by molar-refractivity contribution is 7.89. The van der Waals surface area contributed by atoms with E-state index < -0.39 is 10.0 Å². The number of halogens is 1. The zero-order valence-corrected chi connectivity index (χ0v) is 13.0. The molecule has 0 aliphatic rings. The zero-order chi connectivity index (χ0) is 14.6. The molecule has 0 radical (unpaired) electrons. The summed E-state index contributed by atoms with van der Waals surface area (Å²) in [6.07, 6.45) is 1.52. The van der Waals surface area contributed by atoms with Crippen molar-refractivity contribution in [3.63, 3.8) is 0 Å². The van der Waals surface area contributed by atoms with Crippen LogP contribution in [0.1, 0.15) is 32.3 Å². The summed E-state index contributed by atoms with van der Waals surface area (Å²) in [4.78, 5) is 0.157. The smallest absolute Gasteiger partial charge is 0.243 e. The van der Waals surface area contributed by atoms with Crippen LogP contribution in [0.25, 0.3) is 0 Å². The molecule has 19 heavy (non-hydrogen) atoms. The summed E-state index contributed by atoms with van der Waals surface area (Å²) in [7, 11) is -1.96. The maximum absolute atomic E-state index is 12.4. The SMILES string of the molecule is CCC(CC)N(C)S(=O)(=O)c1ccc(CO)c(Cl)c1. The van der Waals surface area contributed by atoms with Crippen LogP contribution in [0.15, 0.2) is 23.1 Å². The van der Waals surface area contributed by atoms with Crippen LogP contribution in [-0.4, -0.2) is 30.9 Å². The summed E-state index contributed by atoms with van der Waals surface area (Å²) in [5.74, 6) is 0. The molecule has 6 heteroatoms. The Kier molecular flexibility index (Phi) is 5.80. The summed E-state index contributed by atoms with van der Waals surface area (Å²) in [5, 5.41) is 9.31. The van der Waals surface area contributed by atoms with Crippen LogP contribution in [0.3, 0.4) is 0 Å². The van der Waals surface area contributed by atoms with E-state index in [1.165, 1.54) is 22.5 Å². The number of nitrogens with zero attached hydrogens (tertiary/aromatic N) is 1. The summed E-state index contributed by atoms with van der Waals surface area (Å²) in [5.41, 5.74) is 0.519. The van der Waals surface area contributed by atoms with E-state index in [1.54, 1.807) is 7.05 Å². The van der Waals surface area contributed by atoms with Gasteiger partial charge in [-0.2, -0.15) is 4.31 Å². The Hall–Kier alpha value is -0.620. The molecule has 0 bridgehead atoms. The molecule has 0 unspecified atom stereocenters. The predicted octanol–water partition coefficient (Wildman–Crippen LogP) is 2.64. The molecule has 0 atom stereocenters. The van der Waals surface area contributed by atoms with Crippen molar-refractivity contribution >= 4 is 21.6 Å². The molecule has 0 amide bonds. The van der Waals surface area contributed by atoms with Gasteiger partial charge in [0.25, 0.3) is 0 Å². The van der Waals surface area contributed by atoms with E-state index >= 15 is 0 Å². The Balaban J connectivity index is 3.16. The maximum atomic E-state index is 12.4. The number of aliphatic hydroxyl groups excluding tert-OH is 1. The number of hydrogen-bond acceptors (Lipinski definition) is 3. The highest BCUT2D eigenvalue weighted by Crippen LogP contribution is 2.24. The molecule has 1 N–H and O–H groups in total. The Morgan fingerprint density at radius 3 is 2.32 bits per heavy atom. The van der Waals surface area contributed by atoms with Crippen LogP contribution in [0.2, 0.25) is 5.02 Å². The van der Waals surface area contributed by atoms with E-state index in [2.05, 4.69) is 0 Å². The lowest BCUT2D eigenvalue weighted by Crippen LogP contribution is -2.36. The lowest BCUT2D eigenvalue weighted by Gasteiger charge is -2.25. The van der Waals surface area contributed by atoms with Gasteiger partial charge < -0.3 is 5.11 Å². The van der Waals surface area contributed by atoms with E-state index in [4.69, 9.17) is 16.7 Å². The van der Waals surface area contributed by atoms with Crippen molar-refractivity contribution in [3.05, 3.63) is 28.8 Å². The monoisotopic (exact) mass is 305 g/mol. The molecule has 0 spiro atoms. The molecular formula is C13H20ClNO3S. The van der Waals surface area contributed by atoms with Gasteiger partial charge in [-0.05, 0) is 30.5 Å². The van der Waals surface area contributed by atoms with Crippen LogP contribution in [0.4, 0.5) is 0 Å². The predicted molar refractivity (Wildman–Crippen MR) is 76.7 cm³/mol. The standard InChI is InChI=1S/C13H20ClNO3S/c1-4-11(5-2)15(3)19(17,18)12-7-6-10(9-16)13(14)8-12/h6-8,11,16H,4-5,9H2,1-3H3. The first-order valence-electron chi connectivity index (χ1n) is 6.25.